The first-order valence-electron chi connectivity index (χ1n) is 8.31. The normalized spacial score (nSPS) is 21.5. The molecule has 5 nitrogen and oxygen atoms in total. The van der Waals surface area contributed by atoms with Crippen LogP contribution in [0.2, 0.25) is 0 Å². The summed E-state index contributed by atoms with van der Waals surface area (Å²) in [6.45, 7) is 9.29. The van der Waals surface area contributed by atoms with E-state index < -0.39 is 5.54 Å². The summed E-state index contributed by atoms with van der Waals surface area (Å²) < 4.78 is 0. The van der Waals surface area contributed by atoms with Gasteiger partial charge in [0, 0.05) is 12.6 Å². The molecule has 1 fully saturated rings. The smallest absolute Gasteiger partial charge is 0.278 e. The average molecular weight is 316 g/mol. The number of likely N-dealkylation sites (N-methyl/N-ethyl adjacent to an activating group) is 1. The molecule has 1 saturated heterocycles. The van der Waals surface area contributed by atoms with Gasteiger partial charge in [-0.15, -0.1) is 0 Å². The van der Waals surface area contributed by atoms with E-state index in [-0.39, 0.29) is 5.91 Å². The minimum atomic E-state index is -0.739. The van der Waals surface area contributed by atoms with Gasteiger partial charge in [0.1, 0.15) is 38.3 Å². The van der Waals surface area contributed by atoms with Crippen molar-refractivity contribution in [2.45, 2.75) is 25.9 Å². The van der Waals surface area contributed by atoms with E-state index in [9.17, 15) is 4.79 Å². The zero-order valence-corrected chi connectivity index (χ0v) is 14.4. The number of hydrogen-bond donors (Lipinski definition) is 2. The molecule has 2 N–H and O–H groups in total. The van der Waals surface area contributed by atoms with Crippen molar-refractivity contribution in [3.05, 3.63) is 35.9 Å². The Hall–Kier alpha value is -1.90. The van der Waals surface area contributed by atoms with Crippen LogP contribution in [-0.4, -0.2) is 56.1 Å². The number of rotatable bonds is 5. The predicted molar refractivity (Wildman–Crippen MR) is 88.9 cm³/mol. The average Bonchev–Trinajstić information content (AvgIpc) is 2.56. The maximum absolute atomic E-state index is 12.3. The fourth-order valence-corrected chi connectivity index (χ4v) is 2.91. The van der Waals surface area contributed by atoms with Crippen molar-refractivity contribution in [3.8, 4) is 6.07 Å². The Balaban J connectivity index is 1.79. The molecule has 0 atom stereocenters. The number of amides is 1. The van der Waals surface area contributed by atoms with Crippen LogP contribution in [0.25, 0.3) is 0 Å². The molecule has 1 aliphatic heterocycles. The summed E-state index contributed by atoms with van der Waals surface area (Å²) >= 11 is 0. The second kappa shape index (κ2) is 7.58. The molecule has 23 heavy (non-hydrogen) atoms. The van der Waals surface area contributed by atoms with Gasteiger partial charge in [-0.3, -0.25) is 4.79 Å². The van der Waals surface area contributed by atoms with E-state index in [0.717, 1.165) is 32.7 Å². The van der Waals surface area contributed by atoms with Gasteiger partial charge >= 0.3 is 0 Å². The molecule has 1 aromatic carbocycles. The van der Waals surface area contributed by atoms with Crippen molar-refractivity contribution in [1.29, 1.82) is 5.26 Å². The maximum atomic E-state index is 12.3. The minimum Gasteiger partial charge on any atom is -0.323 e. The molecule has 124 valence electrons. The van der Waals surface area contributed by atoms with E-state index in [1.807, 2.05) is 6.07 Å². The minimum absolute atomic E-state index is 0.0538. The van der Waals surface area contributed by atoms with Crippen molar-refractivity contribution in [3.63, 3.8) is 0 Å². The fourth-order valence-electron chi connectivity index (χ4n) is 2.91. The van der Waals surface area contributed by atoms with Crippen molar-refractivity contribution in [1.82, 2.24) is 4.90 Å². The second-order valence-electron chi connectivity index (χ2n) is 6.96. The third-order valence-electron chi connectivity index (χ3n) is 4.85. The lowest BCUT2D eigenvalue weighted by molar-refractivity contribution is -1.02. The monoisotopic (exact) mass is 316 g/mol. The highest BCUT2D eigenvalue weighted by Crippen LogP contribution is 2.09. The summed E-state index contributed by atoms with van der Waals surface area (Å²) in [6, 6.07) is 12.8. The highest BCUT2D eigenvalue weighted by Gasteiger charge is 2.31. The first kappa shape index (κ1) is 17.5. The lowest BCUT2D eigenvalue weighted by atomic mass is 10.1. The number of piperazine rings is 1. The van der Waals surface area contributed by atoms with Crippen molar-refractivity contribution in [2.24, 2.45) is 0 Å². The van der Waals surface area contributed by atoms with E-state index in [0.29, 0.717) is 6.54 Å². The van der Waals surface area contributed by atoms with Crippen LogP contribution in [0.3, 0.4) is 0 Å². The van der Waals surface area contributed by atoms with E-state index in [4.69, 9.17) is 5.26 Å². The molecule has 1 aromatic rings. The standard InChI is InChI=1S/C18H26N4O/c1-18(2,15-19)20(3)17(23)14-22-11-9-21(10-12-22)13-16-7-5-4-6-8-16/h4-8H,9-14H2,1-3H3/p+2. The maximum Gasteiger partial charge on any atom is 0.278 e. The summed E-state index contributed by atoms with van der Waals surface area (Å²) in [7, 11) is 1.72. The molecule has 0 aromatic heterocycles. The molecule has 0 aliphatic carbocycles. The van der Waals surface area contributed by atoms with Crippen molar-refractivity contribution < 1.29 is 14.6 Å². The van der Waals surface area contributed by atoms with Gasteiger partial charge in [-0.1, -0.05) is 30.3 Å². The van der Waals surface area contributed by atoms with Gasteiger partial charge in [-0.2, -0.15) is 5.26 Å². The molecule has 0 saturated carbocycles. The predicted octanol–water partition coefficient (Wildman–Crippen LogP) is -1.27. The molecule has 2 rings (SSSR count). The lowest BCUT2D eigenvalue weighted by Crippen LogP contribution is -3.28. The van der Waals surface area contributed by atoms with Crippen LogP contribution < -0.4 is 9.80 Å². The SMILES string of the molecule is CN(C(=O)C[NH+]1CC[NH+](Cc2ccccc2)CC1)C(C)(C)C#N. The molecule has 1 amide bonds. The number of quaternary nitrogens is 2. The van der Waals surface area contributed by atoms with Crippen LogP contribution in [0.4, 0.5) is 0 Å². The van der Waals surface area contributed by atoms with Gasteiger partial charge in [-0.05, 0) is 13.8 Å². The Morgan fingerprint density at radius 3 is 2.30 bits per heavy atom. The van der Waals surface area contributed by atoms with E-state index in [1.54, 1.807) is 30.7 Å². The summed E-state index contributed by atoms with van der Waals surface area (Å²) in [5, 5.41) is 9.14. The van der Waals surface area contributed by atoms with Crippen LogP contribution >= 0.6 is 0 Å². The third kappa shape index (κ3) is 4.78. The van der Waals surface area contributed by atoms with Gasteiger partial charge in [0.25, 0.3) is 5.91 Å². The van der Waals surface area contributed by atoms with Crippen LogP contribution in [0.1, 0.15) is 19.4 Å². The molecule has 1 heterocycles. The van der Waals surface area contributed by atoms with Gasteiger partial charge < -0.3 is 14.7 Å². The molecule has 1 aliphatic rings. The van der Waals surface area contributed by atoms with E-state index in [2.05, 4.69) is 30.3 Å². The zero-order chi connectivity index (χ0) is 16.9. The highest BCUT2D eigenvalue weighted by atomic mass is 16.2. The van der Waals surface area contributed by atoms with Gasteiger partial charge in [0.2, 0.25) is 0 Å². The zero-order valence-electron chi connectivity index (χ0n) is 14.4. The first-order chi connectivity index (χ1) is 10.9. The Labute approximate surface area is 139 Å². The molecule has 0 bridgehead atoms. The quantitative estimate of drug-likeness (QED) is 0.712. The van der Waals surface area contributed by atoms with Crippen LogP contribution in [-0.2, 0) is 11.3 Å². The molecule has 0 unspecified atom stereocenters. The molecule has 5 heteroatoms. The van der Waals surface area contributed by atoms with Crippen LogP contribution in [0.5, 0.6) is 0 Å². The van der Waals surface area contributed by atoms with Crippen LogP contribution in [0.15, 0.2) is 30.3 Å². The van der Waals surface area contributed by atoms with E-state index >= 15 is 0 Å². The Bertz CT molecular complexity index is 556. The van der Waals surface area contributed by atoms with Gasteiger partial charge in [0.15, 0.2) is 6.54 Å². The number of carbonyl (C=O) groups is 1. The number of benzene rings is 1. The lowest BCUT2D eigenvalue weighted by Gasteiger charge is -2.33. The molecular weight excluding hydrogens is 288 g/mol. The third-order valence-corrected chi connectivity index (χ3v) is 4.85. The molecule has 0 spiro atoms. The number of carbonyl (C=O) groups excluding carboxylic acids is 1. The van der Waals surface area contributed by atoms with Gasteiger partial charge in [-0.25, -0.2) is 0 Å². The summed E-state index contributed by atoms with van der Waals surface area (Å²) in [6.07, 6.45) is 0. The number of nitrogens with one attached hydrogen (secondary N) is 2. The first-order valence-corrected chi connectivity index (χ1v) is 8.31. The number of hydrogen-bond acceptors (Lipinski definition) is 2. The Morgan fingerprint density at radius 1 is 1.17 bits per heavy atom. The Kier molecular flexibility index (Phi) is 5.75. The summed E-state index contributed by atoms with van der Waals surface area (Å²) in [5.74, 6) is 0.0538. The van der Waals surface area contributed by atoms with Crippen molar-refractivity contribution in [2.75, 3.05) is 39.8 Å². The fraction of sp³-hybridized carbons (Fsp3) is 0.556. The second-order valence-corrected chi connectivity index (χ2v) is 6.96. The summed E-state index contributed by atoms with van der Waals surface area (Å²) in [4.78, 5) is 16.8. The largest absolute Gasteiger partial charge is 0.323 e. The molecule has 0 radical (unpaired) electrons. The number of nitriles is 1. The van der Waals surface area contributed by atoms with E-state index in [1.165, 1.54) is 10.5 Å². The van der Waals surface area contributed by atoms with Crippen molar-refractivity contribution >= 4 is 5.91 Å². The van der Waals surface area contributed by atoms with Gasteiger partial charge in [0.05, 0.1) is 6.07 Å². The Morgan fingerprint density at radius 2 is 1.74 bits per heavy atom. The summed E-state index contributed by atoms with van der Waals surface area (Å²) in [5.41, 5.74) is 0.634. The van der Waals surface area contributed by atoms with Crippen LogP contribution in [0, 0.1) is 11.3 Å². The topological polar surface area (TPSA) is 53.0 Å². The molecular formula is C18H28N4O+2. The highest BCUT2D eigenvalue weighted by molar-refractivity contribution is 5.78. The number of nitrogens with zero attached hydrogens (tertiary/aromatic N) is 2.